The lowest BCUT2D eigenvalue weighted by atomic mass is 9.95. The van der Waals surface area contributed by atoms with Crippen molar-refractivity contribution in [2.24, 2.45) is 7.05 Å². The molecule has 2 saturated carbocycles. The molecule has 1 amide bonds. The van der Waals surface area contributed by atoms with Crippen LogP contribution in [0.2, 0.25) is 0 Å². The molecule has 1 aromatic carbocycles. The van der Waals surface area contributed by atoms with Crippen LogP contribution in [0.15, 0.2) is 6.07 Å². The number of nitrogens with zero attached hydrogens (tertiary/aromatic N) is 3. The minimum Gasteiger partial charge on any atom is -0.487 e. The number of aryl methyl sites for hydroxylation is 1. The van der Waals surface area contributed by atoms with E-state index in [2.05, 4.69) is 10.3 Å². The van der Waals surface area contributed by atoms with Crippen LogP contribution in [0.1, 0.15) is 51.9 Å². The fraction of sp³-hybridized carbons (Fsp3) is 0.609. The van der Waals surface area contributed by atoms with Crippen molar-refractivity contribution in [2.45, 2.75) is 76.2 Å². The second kappa shape index (κ2) is 9.91. The van der Waals surface area contributed by atoms with Crippen molar-refractivity contribution in [3.05, 3.63) is 17.7 Å². The predicted octanol–water partition coefficient (Wildman–Crippen LogP) is 3.52. The van der Waals surface area contributed by atoms with Gasteiger partial charge < -0.3 is 19.5 Å². The Labute approximate surface area is 190 Å². The van der Waals surface area contributed by atoms with Gasteiger partial charge >= 0.3 is 0 Å². The second-order valence-electron chi connectivity index (χ2n) is 8.79. The van der Waals surface area contributed by atoms with Gasteiger partial charge in [-0.3, -0.25) is 9.36 Å². The molecular weight excluding hydrogens is 434 g/mol. The molecule has 0 aliphatic heterocycles. The quantitative estimate of drug-likeness (QED) is 0.612. The maximum absolute atomic E-state index is 14.9. The summed E-state index contributed by atoms with van der Waals surface area (Å²) >= 11 is 0. The molecule has 178 valence electrons. The number of rotatable bonds is 9. The number of fused-ring (bicyclic) bond motifs is 1. The topological polar surface area (TPSA) is 98.4 Å². The van der Waals surface area contributed by atoms with Crippen molar-refractivity contribution in [3.63, 3.8) is 0 Å². The Balaban J connectivity index is 1.32. The zero-order valence-corrected chi connectivity index (χ0v) is 18.8. The first kappa shape index (κ1) is 23.2. The summed E-state index contributed by atoms with van der Waals surface area (Å²) in [6.07, 6.45) is 4.32. The molecule has 0 spiro atoms. The van der Waals surface area contributed by atoms with Crippen molar-refractivity contribution in [3.8, 4) is 17.8 Å². The van der Waals surface area contributed by atoms with Gasteiger partial charge in [-0.25, -0.2) is 8.78 Å². The van der Waals surface area contributed by atoms with Gasteiger partial charge in [0.1, 0.15) is 23.6 Å². The van der Waals surface area contributed by atoms with E-state index in [1.54, 1.807) is 7.05 Å². The van der Waals surface area contributed by atoms with Crippen molar-refractivity contribution in [1.29, 1.82) is 5.26 Å². The number of halogens is 2. The number of hydrogen-bond acceptors (Lipinski definition) is 6. The molecule has 4 rings (SSSR count). The van der Waals surface area contributed by atoms with Crippen LogP contribution in [0, 0.1) is 23.0 Å². The largest absolute Gasteiger partial charge is 0.487 e. The van der Waals surface area contributed by atoms with Crippen LogP contribution in [0.5, 0.6) is 11.8 Å². The molecule has 0 saturated heterocycles. The Morgan fingerprint density at radius 3 is 2.52 bits per heavy atom. The van der Waals surface area contributed by atoms with E-state index in [4.69, 9.17) is 19.5 Å². The zero-order chi connectivity index (χ0) is 23.5. The monoisotopic (exact) mass is 462 g/mol. The highest BCUT2D eigenvalue weighted by atomic mass is 19.1. The molecule has 10 heteroatoms. The van der Waals surface area contributed by atoms with Gasteiger partial charge in [0.2, 0.25) is 5.91 Å². The average molecular weight is 462 g/mol. The number of amides is 1. The molecular formula is C23H28F2N4O4. The molecule has 0 radical (unpaired) electrons. The normalized spacial score (nSPS) is 21.4. The first-order valence-electron chi connectivity index (χ1n) is 11.3. The Morgan fingerprint density at radius 1 is 1.21 bits per heavy atom. The van der Waals surface area contributed by atoms with E-state index in [-0.39, 0.29) is 59.5 Å². The average Bonchev–Trinajstić information content (AvgIpc) is 3.54. The van der Waals surface area contributed by atoms with Gasteiger partial charge in [-0.05, 0) is 45.4 Å². The van der Waals surface area contributed by atoms with Gasteiger partial charge in [-0.1, -0.05) is 0 Å². The first-order valence-corrected chi connectivity index (χ1v) is 11.3. The van der Waals surface area contributed by atoms with Gasteiger partial charge in [-0.2, -0.15) is 10.2 Å². The third-order valence-electron chi connectivity index (χ3n) is 5.90. The Morgan fingerprint density at radius 2 is 1.85 bits per heavy atom. The molecule has 2 fully saturated rings. The summed E-state index contributed by atoms with van der Waals surface area (Å²) in [7, 11) is 1.60. The molecule has 1 atom stereocenters. The van der Waals surface area contributed by atoms with Gasteiger partial charge in [-0.15, -0.1) is 0 Å². The van der Waals surface area contributed by atoms with Crippen LogP contribution in [0.25, 0.3) is 11.0 Å². The highest BCUT2D eigenvalue weighted by Crippen LogP contribution is 2.35. The smallest absolute Gasteiger partial charge is 0.297 e. The molecule has 33 heavy (non-hydrogen) atoms. The summed E-state index contributed by atoms with van der Waals surface area (Å²) in [5, 5.41) is 11.3. The lowest BCUT2D eigenvalue weighted by Gasteiger charge is -2.29. The Bertz CT molecular complexity index is 1060. The van der Waals surface area contributed by atoms with Gasteiger partial charge in [0, 0.05) is 19.2 Å². The first-order chi connectivity index (χ1) is 15.9. The van der Waals surface area contributed by atoms with E-state index in [0.29, 0.717) is 19.4 Å². The summed E-state index contributed by atoms with van der Waals surface area (Å²) in [5.41, 5.74) is -0.0392. The third-order valence-corrected chi connectivity index (χ3v) is 5.90. The number of carbonyl (C=O) groups is 1. The summed E-state index contributed by atoms with van der Waals surface area (Å²) in [6, 6.07) is 2.86. The number of carbonyl (C=O) groups excluding carboxylic acids is 1. The predicted molar refractivity (Wildman–Crippen MR) is 115 cm³/mol. The maximum Gasteiger partial charge on any atom is 0.297 e. The van der Waals surface area contributed by atoms with Crippen LogP contribution < -0.4 is 14.8 Å². The molecule has 2 aliphatic rings. The van der Waals surface area contributed by atoms with Crippen molar-refractivity contribution in [1.82, 2.24) is 14.9 Å². The lowest BCUT2D eigenvalue weighted by Crippen LogP contribution is -2.37. The fourth-order valence-electron chi connectivity index (χ4n) is 4.00. The summed E-state index contributed by atoms with van der Waals surface area (Å²) in [6.45, 7) is 2.19. The standard InChI is InChI=1S/C23H28F2N4O4/c1-13(27-19(30)9-10-26)12-31-14-3-5-16(6-4-14)33-23-28-21-17(24)11-18(32-15-7-8-15)20(25)22(21)29(23)2/h11,13-16H,3-9,12H2,1-2H3,(H,27,30)/t13-,14?,16?/m0/s1. The number of ether oxygens (including phenoxy) is 3. The minimum atomic E-state index is -0.638. The number of aromatic nitrogens is 2. The molecule has 0 unspecified atom stereocenters. The number of nitriles is 1. The maximum atomic E-state index is 14.9. The number of imidazole rings is 1. The van der Waals surface area contributed by atoms with E-state index in [1.165, 1.54) is 4.57 Å². The molecule has 2 aromatic rings. The molecule has 1 N–H and O–H groups in total. The van der Waals surface area contributed by atoms with Gasteiger partial charge in [0.05, 0.1) is 24.9 Å². The highest BCUT2D eigenvalue weighted by Gasteiger charge is 2.29. The van der Waals surface area contributed by atoms with Crippen LogP contribution in [-0.2, 0) is 16.6 Å². The van der Waals surface area contributed by atoms with E-state index >= 15 is 0 Å². The van der Waals surface area contributed by atoms with Crippen molar-refractivity contribution < 1.29 is 27.8 Å². The van der Waals surface area contributed by atoms with E-state index in [1.807, 2.05) is 13.0 Å². The second-order valence-corrected chi connectivity index (χ2v) is 8.79. The molecule has 1 heterocycles. The van der Waals surface area contributed by atoms with Crippen LogP contribution in [0.3, 0.4) is 0 Å². The van der Waals surface area contributed by atoms with E-state index in [9.17, 15) is 13.6 Å². The van der Waals surface area contributed by atoms with Crippen LogP contribution in [-0.4, -0.2) is 46.4 Å². The number of nitrogens with one attached hydrogen (secondary N) is 1. The third kappa shape index (κ3) is 5.53. The van der Waals surface area contributed by atoms with Crippen molar-refractivity contribution >= 4 is 16.9 Å². The number of benzene rings is 1. The summed E-state index contributed by atoms with van der Waals surface area (Å²) in [5.74, 6) is -1.67. The van der Waals surface area contributed by atoms with Gasteiger partial charge in [0.15, 0.2) is 17.4 Å². The highest BCUT2D eigenvalue weighted by molar-refractivity contribution is 5.80. The lowest BCUT2D eigenvalue weighted by molar-refractivity contribution is -0.121. The minimum absolute atomic E-state index is 0.0325. The van der Waals surface area contributed by atoms with Crippen molar-refractivity contribution in [2.75, 3.05) is 6.61 Å². The van der Waals surface area contributed by atoms with Crippen LogP contribution >= 0.6 is 0 Å². The zero-order valence-electron chi connectivity index (χ0n) is 18.8. The van der Waals surface area contributed by atoms with E-state index in [0.717, 1.165) is 31.7 Å². The summed E-state index contributed by atoms with van der Waals surface area (Å²) < 4.78 is 48.3. The van der Waals surface area contributed by atoms with E-state index < -0.39 is 11.6 Å². The fourth-order valence-corrected chi connectivity index (χ4v) is 4.00. The molecule has 8 nitrogen and oxygen atoms in total. The molecule has 0 bridgehead atoms. The SMILES string of the molecule is C[C@@H](COC1CCC(Oc2nc3c(F)cc(OC4CC4)c(F)c3n2C)CC1)NC(=O)CC#N. The molecule has 2 aliphatic carbocycles. The summed E-state index contributed by atoms with van der Waals surface area (Å²) in [4.78, 5) is 15.7. The van der Waals surface area contributed by atoms with Gasteiger partial charge in [0.25, 0.3) is 6.01 Å². The Kier molecular flexibility index (Phi) is 6.98. The van der Waals surface area contributed by atoms with Crippen LogP contribution in [0.4, 0.5) is 8.78 Å². The number of hydrogen-bond donors (Lipinski definition) is 1. The molecule has 1 aromatic heterocycles. The Hall–Kier alpha value is -2.93.